The number of nitrogens with zero attached hydrogens (tertiary/aromatic N) is 3. The minimum absolute atomic E-state index is 0.120. The number of benzene rings is 1. The van der Waals surface area contributed by atoms with Crippen molar-refractivity contribution in [3.8, 4) is 0 Å². The van der Waals surface area contributed by atoms with E-state index in [9.17, 15) is 9.59 Å². The van der Waals surface area contributed by atoms with Crippen LogP contribution >= 0.6 is 11.6 Å². The second-order valence-corrected chi connectivity index (χ2v) is 8.00. The Hall–Kier alpha value is -2.34. The molecule has 6 nitrogen and oxygen atoms in total. The van der Waals surface area contributed by atoms with Gasteiger partial charge in [-0.1, -0.05) is 42.6 Å². The van der Waals surface area contributed by atoms with Crippen molar-refractivity contribution in [2.45, 2.75) is 52.5 Å². The number of amides is 2. The van der Waals surface area contributed by atoms with Crippen LogP contribution in [-0.2, 0) is 11.3 Å². The van der Waals surface area contributed by atoms with E-state index in [0.29, 0.717) is 35.8 Å². The van der Waals surface area contributed by atoms with Crippen molar-refractivity contribution in [3.63, 3.8) is 0 Å². The molecule has 1 aromatic heterocycles. The molecule has 0 bridgehead atoms. The van der Waals surface area contributed by atoms with Crippen molar-refractivity contribution >= 4 is 23.4 Å². The third-order valence-corrected chi connectivity index (χ3v) is 5.84. The number of halogens is 1. The molecule has 1 fully saturated rings. The first kappa shape index (κ1) is 21.4. The van der Waals surface area contributed by atoms with Gasteiger partial charge in [0.25, 0.3) is 5.91 Å². The van der Waals surface area contributed by atoms with Crippen LogP contribution in [0.3, 0.4) is 0 Å². The molecule has 0 aliphatic carbocycles. The van der Waals surface area contributed by atoms with Gasteiger partial charge >= 0.3 is 0 Å². The Morgan fingerprint density at radius 2 is 1.79 bits per heavy atom. The molecule has 1 aliphatic heterocycles. The normalized spacial score (nSPS) is 14.5. The SMILES string of the molecule is Cc1nn(Cc2ccccc2Cl)c(C)c1C(=O)NCCC(=O)N1CCCCCC1. The van der Waals surface area contributed by atoms with Gasteiger partial charge in [0.2, 0.25) is 5.91 Å². The fourth-order valence-corrected chi connectivity index (χ4v) is 4.01. The van der Waals surface area contributed by atoms with Crippen molar-refractivity contribution in [1.29, 1.82) is 0 Å². The van der Waals surface area contributed by atoms with Gasteiger partial charge in [0.05, 0.1) is 17.8 Å². The van der Waals surface area contributed by atoms with Gasteiger partial charge in [-0.2, -0.15) is 5.10 Å². The van der Waals surface area contributed by atoms with E-state index < -0.39 is 0 Å². The van der Waals surface area contributed by atoms with Gasteiger partial charge in [-0.05, 0) is 38.3 Å². The number of hydrogen-bond acceptors (Lipinski definition) is 3. The van der Waals surface area contributed by atoms with Gasteiger partial charge in [-0.25, -0.2) is 0 Å². The lowest BCUT2D eigenvalue weighted by atomic mass is 10.1. The second-order valence-electron chi connectivity index (χ2n) is 7.60. The van der Waals surface area contributed by atoms with E-state index in [1.54, 1.807) is 4.68 Å². The van der Waals surface area contributed by atoms with E-state index in [-0.39, 0.29) is 11.8 Å². The number of carbonyl (C=O) groups is 2. The molecule has 1 aromatic carbocycles. The van der Waals surface area contributed by atoms with Crippen molar-refractivity contribution < 1.29 is 9.59 Å². The first-order valence-electron chi connectivity index (χ1n) is 10.3. The van der Waals surface area contributed by atoms with Crippen LogP contribution in [0, 0.1) is 13.8 Å². The molecule has 7 heteroatoms. The fraction of sp³-hybridized carbons (Fsp3) is 0.500. The lowest BCUT2D eigenvalue weighted by molar-refractivity contribution is -0.131. The molecule has 1 saturated heterocycles. The number of rotatable bonds is 6. The largest absolute Gasteiger partial charge is 0.351 e. The van der Waals surface area contributed by atoms with Crippen LogP contribution in [0.15, 0.2) is 24.3 Å². The molecule has 1 aliphatic rings. The number of likely N-dealkylation sites (tertiary alicyclic amines) is 1. The zero-order chi connectivity index (χ0) is 20.8. The Balaban J connectivity index is 1.58. The second kappa shape index (κ2) is 9.92. The predicted molar refractivity (Wildman–Crippen MR) is 114 cm³/mol. The molecule has 0 spiro atoms. The molecule has 0 saturated carbocycles. The Morgan fingerprint density at radius 1 is 1.10 bits per heavy atom. The molecule has 0 atom stereocenters. The quantitative estimate of drug-likeness (QED) is 0.780. The molecule has 2 amide bonds. The Morgan fingerprint density at radius 3 is 2.48 bits per heavy atom. The Labute approximate surface area is 177 Å². The first-order chi connectivity index (χ1) is 14.0. The zero-order valence-corrected chi connectivity index (χ0v) is 18.0. The standard InChI is InChI=1S/C22H29ClN4O2/c1-16-21(17(2)27(25-16)15-18-9-5-6-10-19(18)23)22(29)24-12-11-20(28)26-13-7-3-4-8-14-26/h5-6,9-10H,3-4,7-8,11-15H2,1-2H3,(H,24,29). The van der Waals surface area contributed by atoms with Gasteiger partial charge < -0.3 is 10.2 Å². The van der Waals surface area contributed by atoms with E-state index in [1.165, 1.54) is 12.8 Å². The van der Waals surface area contributed by atoms with Gasteiger partial charge in [-0.15, -0.1) is 0 Å². The lowest BCUT2D eigenvalue weighted by Gasteiger charge is -2.20. The van der Waals surface area contributed by atoms with Crippen LogP contribution < -0.4 is 5.32 Å². The van der Waals surface area contributed by atoms with Crippen molar-refractivity contribution in [1.82, 2.24) is 20.0 Å². The maximum atomic E-state index is 12.7. The summed E-state index contributed by atoms with van der Waals surface area (Å²) in [4.78, 5) is 27.0. The van der Waals surface area contributed by atoms with Crippen LogP contribution in [-0.4, -0.2) is 46.1 Å². The van der Waals surface area contributed by atoms with Crippen LogP contribution in [0.5, 0.6) is 0 Å². The zero-order valence-electron chi connectivity index (χ0n) is 17.2. The average molecular weight is 417 g/mol. The van der Waals surface area contributed by atoms with Crippen LogP contribution in [0.4, 0.5) is 0 Å². The summed E-state index contributed by atoms with van der Waals surface area (Å²) in [5.74, 6) is -0.0656. The third-order valence-electron chi connectivity index (χ3n) is 5.47. The van der Waals surface area contributed by atoms with E-state index in [1.807, 2.05) is 43.0 Å². The molecule has 2 aromatic rings. The van der Waals surface area contributed by atoms with E-state index in [2.05, 4.69) is 10.4 Å². The molecule has 3 rings (SSSR count). The van der Waals surface area contributed by atoms with Gasteiger partial charge in [0.15, 0.2) is 0 Å². The molecular formula is C22H29ClN4O2. The summed E-state index contributed by atoms with van der Waals surface area (Å²) >= 11 is 6.25. The van der Waals surface area contributed by atoms with Gasteiger partial charge in [0.1, 0.15) is 0 Å². The maximum absolute atomic E-state index is 12.7. The molecule has 0 unspecified atom stereocenters. The van der Waals surface area contributed by atoms with Crippen molar-refractivity contribution in [2.24, 2.45) is 0 Å². The van der Waals surface area contributed by atoms with Crippen molar-refractivity contribution in [3.05, 3.63) is 51.8 Å². The number of nitrogens with one attached hydrogen (secondary N) is 1. The fourth-order valence-electron chi connectivity index (χ4n) is 3.82. The average Bonchev–Trinajstić information content (AvgIpc) is 2.88. The smallest absolute Gasteiger partial charge is 0.255 e. The summed E-state index contributed by atoms with van der Waals surface area (Å²) in [7, 11) is 0. The Kier molecular flexibility index (Phi) is 7.31. The summed E-state index contributed by atoms with van der Waals surface area (Å²) in [5, 5.41) is 8.08. The molecule has 29 heavy (non-hydrogen) atoms. The summed E-state index contributed by atoms with van der Waals surface area (Å²) in [6.45, 7) is 6.22. The molecule has 156 valence electrons. The van der Waals surface area contributed by atoms with Crippen LogP contribution in [0.1, 0.15) is 59.4 Å². The molecule has 1 N–H and O–H groups in total. The monoisotopic (exact) mass is 416 g/mol. The number of aromatic nitrogens is 2. The topological polar surface area (TPSA) is 67.2 Å². The number of carbonyl (C=O) groups excluding carboxylic acids is 2. The highest BCUT2D eigenvalue weighted by molar-refractivity contribution is 6.31. The van der Waals surface area contributed by atoms with Crippen LogP contribution in [0.25, 0.3) is 0 Å². The van der Waals surface area contributed by atoms with Crippen LogP contribution in [0.2, 0.25) is 5.02 Å². The summed E-state index contributed by atoms with van der Waals surface area (Å²) in [6, 6.07) is 7.62. The van der Waals surface area contributed by atoms with Gasteiger partial charge in [0, 0.05) is 36.8 Å². The summed E-state index contributed by atoms with van der Waals surface area (Å²) in [5.41, 5.74) is 2.98. The summed E-state index contributed by atoms with van der Waals surface area (Å²) < 4.78 is 1.80. The number of hydrogen-bond donors (Lipinski definition) is 1. The van der Waals surface area contributed by atoms with E-state index in [4.69, 9.17) is 11.6 Å². The Bertz CT molecular complexity index is 870. The highest BCUT2D eigenvalue weighted by Gasteiger charge is 2.20. The van der Waals surface area contributed by atoms with Gasteiger partial charge in [-0.3, -0.25) is 14.3 Å². The first-order valence-corrected chi connectivity index (χ1v) is 10.7. The molecule has 0 radical (unpaired) electrons. The lowest BCUT2D eigenvalue weighted by Crippen LogP contribution is -2.35. The number of aryl methyl sites for hydroxylation is 1. The molecule has 2 heterocycles. The molecular weight excluding hydrogens is 388 g/mol. The summed E-state index contributed by atoms with van der Waals surface area (Å²) in [6.07, 6.45) is 4.86. The van der Waals surface area contributed by atoms with E-state index in [0.717, 1.165) is 37.2 Å². The maximum Gasteiger partial charge on any atom is 0.255 e. The predicted octanol–water partition coefficient (Wildman–Crippen LogP) is 3.72. The van der Waals surface area contributed by atoms with E-state index >= 15 is 0 Å². The minimum Gasteiger partial charge on any atom is -0.351 e. The van der Waals surface area contributed by atoms with Crippen molar-refractivity contribution in [2.75, 3.05) is 19.6 Å². The third kappa shape index (κ3) is 5.38. The minimum atomic E-state index is -0.186. The highest BCUT2D eigenvalue weighted by Crippen LogP contribution is 2.19. The highest BCUT2D eigenvalue weighted by atomic mass is 35.5.